The molecule has 1 aliphatic carbocycles. The Labute approximate surface area is 131 Å². The van der Waals surface area contributed by atoms with Crippen LogP contribution in [-0.2, 0) is 4.74 Å². The zero-order valence-electron chi connectivity index (χ0n) is 13.3. The molecule has 3 rings (SSSR count). The van der Waals surface area contributed by atoms with Gasteiger partial charge in [-0.1, -0.05) is 0 Å². The van der Waals surface area contributed by atoms with E-state index >= 15 is 0 Å². The maximum absolute atomic E-state index is 11.8. The van der Waals surface area contributed by atoms with Crippen LogP contribution in [0.4, 0.5) is 5.95 Å². The maximum Gasteiger partial charge on any atom is 0.341 e. The molecule has 0 amide bonds. The number of aromatic nitrogens is 2. The lowest BCUT2D eigenvalue weighted by Gasteiger charge is -2.32. The van der Waals surface area contributed by atoms with E-state index in [0.717, 1.165) is 37.9 Å². The highest BCUT2D eigenvalue weighted by atomic mass is 16.5. The number of ether oxygens (including phenoxy) is 1. The van der Waals surface area contributed by atoms with Crippen LogP contribution < -0.4 is 10.2 Å². The van der Waals surface area contributed by atoms with E-state index in [9.17, 15) is 4.79 Å². The smallest absolute Gasteiger partial charge is 0.341 e. The monoisotopic (exact) mass is 304 g/mol. The number of nitrogens with one attached hydrogen (secondary N) is 1. The largest absolute Gasteiger partial charge is 0.462 e. The van der Waals surface area contributed by atoms with Gasteiger partial charge in [-0.15, -0.1) is 0 Å². The third kappa shape index (κ3) is 3.55. The van der Waals surface area contributed by atoms with Crippen molar-refractivity contribution in [1.82, 2.24) is 15.3 Å². The van der Waals surface area contributed by atoms with E-state index in [4.69, 9.17) is 4.74 Å². The molecule has 0 unspecified atom stereocenters. The van der Waals surface area contributed by atoms with E-state index in [-0.39, 0.29) is 5.97 Å². The number of nitrogens with zero attached hydrogens (tertiary/aromatic N) is 3. The van der Waals surface area contributed by atoms with Gasteiger partial charge in [0.2, 0.25) is 5.95 Å². The average Bonchev–Trinajstić information content (AvgIpc) is 3.32. The summed E-state index contributed by atoms with van der Waals surface area (Å²) in [5.41, 5.74) is 1.14. The first-order valence-electron chi connectivity index (χ1n) is 8.19. The van der Waals surface area contributed by atoms with E-state index in [1.807, 2.05) is 6.92 Å². The molecule has 2 heterocycles. The van der Waals surface area contributed by atoms with Gasteiger partial charge >= 0.3 is 5.97 Å². The van der Waals surface area contributed by atoms with Crippen molar-refractivity contribution in [3.05, 3.63) is 17.5 Å². The fourth-order valence-electron chi connectivity index (χ4n) is 2.85. The summed E-state index contributed by atoms with van der Waals surface area (Å²) in [6.07, 6.45) is 6.50. The normalized spacial score (nSPS) is 19.3. The molecule has 2 aliphatic rings. The van der Waals surface area contributed by atoms with Crippen LogP contribution in [0.1, 0.15) is 48.7 Å². The third-order valence-corrected chi connectivity index (χ3v) is 4.29. The van der Waals surface area contributed by atoms with Crippen LogP contribution in [0.15, 0.2) is 6.20 Å². The molecule has 1 N–H and O–H groups in total. The molecule has 120 valence electrons. The van der Waals surface area contributed by atoms with E-state index < -0.39 is 0 Å². The Balaban J connectivity index is 1.60. The van der Waals surface area contributed by atoms with Gasteiger partial charge in [-0.3, -0.25) is 0 Å². The highest BCUT2D eigenvalue weighted by Crippen LogP contribution is 2.23. The number of anilines is 1. The van der Waals surface area contributed by atoms with Crippen molar-refractivity contribution < 1.29 is 9.53 Å². The van der Waals surface area contributed by atoms with Crippen molar-refractivity contribution in [2.75, 3.05) is 24.6 Å². The molecular formula is C16H24N4O2. The van der Waals surface area contributed by atoms with Crippen LogP contribution in [0.2, 0.25) is 0 Å². The first-order chi connectivity index (χ1) is 10.7. The standard InChI is InChI=1S/C16H24N4O2/c1-3-22-15(21)14-10-17-16(18-11(14)2)20-8-6-13(7-9-20)19-12-4-5-12/h10,12-13,19H,3-9H2,1-2H3. The molecule has 1 aromatic heterocycles. The van der Waals surface area contributed by atoms with Gasteiger partial charge in [0.05, 0.1) is 17.9 Å². The molecule has 0 spiro atoms. The Morgan fingerprint density at radius 2 is 2.00 bits per heavy atom. The Morgan fingerprint density at radius 1 is 1.32 bits per heavy atom. The first-order valence-corrected chi connectivity index (χ1v) is 8.19. The lowest BCUT2D eigenvalue weighted by molar-refractivity contribution is 0.0524. The number of hydrogen-bond acceptors (Lipinski definition) is 6. The van der Waals surface area contributed by atoms with Crippen LogP contribution in [-0.4, -0.2) is 47.7 Å². The van der Waals surface area contributed by atoms with Gasteiger partial charge in [-0.25, -0.2) is 14.8 Å². The minimum atomic E-state index is -0.348. The predicted molar refractivity (Wildman–Crippen MR) is 84.1 cm³/mol. The summed E-state index contributed by atoms with van der Waals surface area (Å²) >= 11 is 0. The van der Waals surface area contributed by atoms with E-state index in [0.29, 0.717) is 23.9 Å². The molecule has 1 saturated heterocycles. The van der Waals surface area contributed by atoms with E-state index in [2.05, 4.69) is 20.2 Å². The number of aryl methyl sites for hydroxylation is 1. The summed E-state index contributed by atoms with van der Waals surface area (Å²) in [7, 11) is 0. The van der Waals surface area contributed by atoms with Gasteiger partial charge in [-0.05, 0) is 39.5 Å². The molecule has 1 saturated carbocycles. The fourth-order valence-corrected chi connectivity index (χ4v) is 2.85. The van der Waals surface area contributed by atoms with E-state index in [1.165, 1.54) is 12.8 Å². The number of carbonyl (C=O) groups is 1. The van der Waals surface area contributed by atoms with Crippen LogP contribution >= 0.6 is 0 Å². The minimum Gasteiger partial charge on any atom is -0.462 e. The molecule has 2 fully saturated rings. The second kappa shape index (κ2) is 6.60. The molecule has 6 heteroatoms. The summed E-state index contributed by atoms with van der Waals surface area (Å²) in [4.78, 5) is 22.8. The van der Waals surface area contributed by atoms with Gasteiger partial charge in [0.25, 0.3) is 0 Å². The number of carbonyl (C=O) groups excluding carboxylic acids is 1. The average molecular weight is 304 g/mol. The van der Waals surface area contributed by atoms with Gasteiger partial charge in [0, 0.05) is 31.4 Å². The second-order valence-corrected chi connectivity index (χ2v) is 6.09. The van der Waals surface area contributed by atoms with Gasteiger partial charge in [0.15, 0.2) is 0 Å². The summed E-state index contributed by atoms with van der Waals surface area (Å²) in [5.74, 6) is 0.370. The molecule has 0 atom stereocenters. The van der Waals surface area contributed by atoms with Crippen molar-refractivity contribution >= 4 is 11.9 Å². The maximum atomic E-state index is 11.8. The summed E-state index contributed by atoms with van der Waals surface area (Å²) in [6, 6.07) is 1.39. The molecule has 1 aromatic rings. The Kier molecular flexibility index (Phi) is 4.57. The quantitative estimate of drug-likeness (QED) is 0.835. The molecule has 22 heavy (non-hydrogen) atoms. The van der Waals surface area contributed by atoms with Crippen molar-refractivity contribution in [3.8, 4) is 0 Å². The van der Waals surface area contributed by atoms with Crippen molar-refractivity contribution in [3.63, 3.8) is 0 Å². The summed E-state index contributed by atoms with van der Waals surface area (Å²) < 4.78 is 5.01. The zero-order valence-corrected chi connectivity index (χ0v) is 13.3. The Bertz CT molecular complexity index is 537. The number of hydrogen-bond donors (Lipinski definition) is 1. The van der Waals surface area contributed by atoms with Crippen molar-refractivity contribution in [1.29, 1.82) is 0 Å². The van der Waals surface area contributed by atoms with Crippen LogP contribution in [0.3, 0.4) is 0 Å². The number of esters is 1. The lowest BCUT2D eigenvalue weighted by Crippen LogP contribution is -2.43. The molecule has 0 bridgehead atoms. The molecular weight excluding hydrogens is 280 g/mol. The third-order valence-electron chi connectivity index (χ3n) is 4.29. The van der Waals surface area contributed by atoms with E-state index in [1.54, 1.807) is 13.1 Å². The first kappa shape index (κ1) is 15.2. The van der Waals surface area contributed by atoms with Crippen molar-refractivity contribution in [2.24, 2.45) is 0 Å². The van der Waals surface area contributed by atoms with Gasteiger partial charge in [-0.2, -0.15) is 0 Å². The highest BCUT2D eigenvalue weighted by Gasteiger charge is 2.28. The van der Waals surface area contributed by atoms with Crippen molar-refractivity contribution in [2.45, 2.75) is 51.6 Å². The Hall–Kier alpha value is -1.69. The zero-order chi connectivity index (χ0) is 15.5. The van der Waals surface area contributed by atoms with Crippen LogP contribution in [0.25, 0.3) is 0 Å². The summed E-state index contributed by atoms with van der Waals surface area (Å²) in [5, 5.41) is 3.69. The fraction of sp³-hybridized carbons (Fsp3) is 0.688. The molecule has 6 nitrogen and oxygen atoms in total. The van der Waals surface area contributed by atoms with Gasteiger partial charge < -0.3 is 15.0 Å². The predicted octanol–water partition coefficient (Wildman–Crippen LogP) is 1.68. The van der Waals surface area contributed by atoms with Crippen LogP contribution in [0, 0.1) is 6.92 Å². The topological polar surface area (TPSA) is 67.3 Å². The number of rotatable bonds is 5. The van der Waals surface area contributed by atoms with Gasteiger partial charge in [0.1, 0.15) is 0 Å². The van der Waals surface area contributed by atoms with Crippen LogP contribution in [0.5, 0.6) is 0 Å². The molecule has 0 aromatic carbocycles. The molecule has 0 radical (unpaired) electrons. The molecule has 1 aliphatic heterocycles. The summed E-state index contributed by atoms with van der Waals surface area (Å²) in [6.45, 7) is 5.91. The SMILES string of the molecule is CCOC(=O)c1cnc(N2CCC(NC3CC3)CC2)nc1C. The lowest BCUT2D eigenvalue weighted by atomic mass is 10.1. The Morgan fingerprint density at radius 3 is 2.59 bits per heavy atom. The highest BCUT2D eigenvalue weighted by molar-refractivity contribution is 5.90. The second-order valence-electron chi connectivity index (χ2n) is 6.09. The number of piperidine rings is 1. The minimum absolute atomic E-state index is 0.348.